The highest BCUT2D eigenvalue weighted by Crippen LogP contribution is 2.11. The second-order valence-corrected chi connectivity index (χ2v) is 16.8. The van der Waals surface area contributed by atoms with E-state index in [-0.39, 0.29) is 31.1 Å². The highest BCUT2D eigenvalue weighted by atomic mass is 16.4. The summed E-state index contributed by atoms with van der Waals surface area (Å²) in [7, 11) is 0. The Hall–Kier alpha value is -5.91. The molecule has 0 aromatic carbocycles. The first-order chi connectivity index (χ1) is 29.7. The summed E-state index contributed by atoms with van der Waals surface area (Å²) in [6, 6.07) is -9.47. The quantitative estimate of drug-likeness (QED) is 0.0305. The molecular formula is C40H72N12O12. The number of carbonyl (C=O) groups excluding carboxylic acids is 10. The average Bonchev–Trinajstić information content (AvgIpc) is 3.18. The predicted molar refractivity (Wildman–Crippen MR) is 233 cm³/mol. The zero-order chi connectivity index (χ0) is 49.4. The lowest BCUT2D eigenvalue weighted by molar-refractivity contribution is -0.138. The first-order valence-corrected chi connectivity index (χ1v) is 21.3. The van der Waals surface area contributed by atoms with Crippen LogP contribution in [0.25, 0.3) is 0 Å². The third-order valence-electron chi connectivity index (χ3n) is 9.38. The van der Waals surface area contributed by atoms with Gasteiger partial charge in [0.2, 0.25) is 59.1 Å². The monoisotopic (exact) mass is 913 g/mol. The second-order valence-electron chi connectivity index (χ2n) is 16.8. The molecule has 0 bridgehead atoms. The lowest BCUT2D eigenvalue weighted by Crippen LogP contribution is -2.60. The number of carbonyl (C=O) groups is 11. The SMILES string of the molecule is CC(C)C[C@H](NC(=O)[C@H](C)NC(=O)[C@@H](NC(=O)[C@H](CCCCN)NC(=O)[C@@H](N)CC(N)=O)C(C)C)C(=O)N[C@@H](CC(C)C)C(=O)NCC(=O)N[C@@H](C)C(=O)N[C@@H](C)C(=O)NCC(=O)O. The molecule has 8 atom stereocenters. The molecule has 364 valence electrons. The average molecular weight is 913 g/mol. The van der Waals surface area contributed by atoms with Crippen LogP contribution in [0, 0.1) is 17.8 Å². The Morgan fingerprint density at radius 1 is 0.500 bits per heavy atom. The van der Waals surface area contributed by atoms with Crippen LogP contribution in [0.2, 0.25) is 0 Å². The van der Waals surface area contributed by atoms with Crippen molar-refractivity contribution in [1.82, 2.24) is 47.9 Å². The fourth-order valence-corrected chi connectivity index (χ4v) is 5.85. The molecule has 0 aliphatic rings. The number of rotatable bonds is 30. The van der Waals surface area contributed by atoms with Crippen molar-refractivity contribution in [3.05, 3.63) is 0 Å². The largest absolute Gasteiger partial charge is 0.480 e. The molecular weight excluding hydrogens is 841 g/mol. The number of carboxylic acid groups (broad SMARTS) is 1. The Balaban J connectivity index is 5.76. The highest BCUT2D eigenvalue weighted by Gasteiger charge is 2.33. The van der Waals surface area contributed by atoms with Crippen LogP contribution in [0.1, 0.15) is 101 Å². The molecule has 0 radical (unpaired) electrons. The molecule has 0 saturated carbocycles. The number of hydrogen-bond donors (Lipinski definition) is 13. The van der Waals surface area contributed by atoms with Gasteiger partial charge in [-0.3, -0.25) is 52.7 Å². The third-order valence-corrected chi connectivity index (χ3v) is 9.38. The van der Waals surface area contributed by atoms with Crippen molar-refractivity contribution in [2.75, 3.05) is 19.6 Å². The van der Waals surface area contributed by atoms with Gasteiger partial charge in [0.1, 0.15) is 48.8 Å². The van der Waals surface area contributed by atoms with Gasteiger partial charge in [-0.25, -0.2) is 0 Å². The van der Waals surface area contributed by atoms with E-state index in [1.807, 2.05) is 0 Å². The van der Waals surface area contributed by atoms with E-state index < -0.39 is 139 Å². The standard InChI is InChI=1S/C40H72N12O12/c1-19(2)14-27(37(61)44-17-30(54)46-23(8)34(58)47-22(7)33(57)45-18-31(55)56)51-39(63)28(15-20(3)4)50-35(59)24(9)48-40(64)32(21(5)6)52-38(62)26(12-10-11-13-41)49-36(60)25(42)16-29(43)53/h19-28,32H,10-18,41-42H2,1-9H3,(H2,43,53)(H,44,61)(H,45,57)(H,46,54)(H,47,58)(H,48,64)(H,49,60)(H,50,59)(H,51,63)(H,52,62)(H,55,56)/t22-,23-,24-,25-,26-,27-,28-,32-/m0/s1. The Morgan fingerprint density at radius 2 is 0.953 bits per heavy atom. The minimum absolute atomic E-state index is 0.122. The molecule has 0 saturated heterocycles. The Morgan fingerprint density at radius 3 is 1.47 bits per heavy atom. The minimum atomic E-state index is -1.31. The normalized spacial score (nSPS) is 14.8. The number of amides is 10. The topological polar surface area (TPSA) is 394 Å². The number of primary amides is 1. The van der Waals surface area contributed by atoms with E-state index in [0.717, 1.165) is 0 Å². The van der Waals surface area contributed by atoms with E-state index >= 15 is 0 Å². The van der Waals surface area contributed by atoms with Crippen molar-refractivity contribution in [2.45, 2.75) is 149 Å². The van der Waals surface area contributed by atoms with Crippen molar-refractivity contribution in [3.8, 4) is 0 Å². The molecule has 0 heterocycles. The van der Waals surface area contributed by atoms with Crippen molar-refractivity contribution in [1.29, 1.82) is 0 Å². The van der Waals surface area contributed by atoms with Crippen molar-refractivity contribution < 1.29 is 57.8 Å². The number of aliphatic carboxylic acids is 1. The van der Waals surface area contributed by atoms with E-state index in [2.05, 4.69) is 47.9 Å². The van der Waals surface area contributed by atoms with Crippen LogP contribution < -0.4 is 65.1 Å². The Kier molecular flexibility index (Phi) is 26.7. The lowest BCUT2D eigenvalue weighted by Gasteiger charge is -2.28. The fourth-order valence-electron chi connectivity index (χ4n) is 5.85. The van der Waals surface area contributed by atoms with Gasteiger partial charge < -0.3 is 70.2 Å². The van der Waals surface area contributed by atoms with Crippen molar-refractivity contribution in [3.63, 3.8) is 0 Å². The van der Waals surface area contributed by atoms with Gasteiger partial charge in [0.05, 0.1) is 19.0 Å². The number of hydrogen-bond acceptors (Lipinski definition) is 13. The molecule has 0 aromatic heterocycles. The molecule has 10 amide bonds. The molecule has 0 rings (SSSR count). The molecule has 0 aromatic rings. The van der Waals surface area contributed by atoms with Gasteiger partial charge in [-0.15, -0.1) is 0 Å². The first-order valence-electron chi connectivity index (χ1n) is 21.3. The summed E-state index contributed by atoms with van der Waals surface area (Å²) < 4.78 is 0. The van der Waals surface area contributed by atoms with Crippen LogP contribution in [0.15, 0.2) is 0 Å². The number of carboxylic acids is 1. The maximum atomic E-state index is 13.7. The molecule has 0 aliphatic carbocycles. The molecule has 24 nitrogen and oxygen atoms in total. The van der Waals surface area contributed by atoms with Crippen LogP contribution in [0.3, 0.4) is 0 Å². The minimum Gasteiger partial charge on any atom is -0.480 e. The van der Waals surface area contributed by atoms with Gasteiger partial charge in [0.25, 0.3) is 0 Å². The summed E-state index contributed by atoms with van der Waals surface area (Å²) in [4.78, 5) is 139. The summed E-state index contributed by atoms with van der Waals surface area (Å²) in [5.74, 6) is -9.60. The van der Waals surface area contributed by atoms with Crippen LogP contribution in [-0.4, -0.2) is 138 Å². The maximum Gasteiger partial charge on any atom is 0.322 e. The summed E-state index contributed by atoms with van der Waals surface area (Å²) in [6.07, 6.45) is 0.913. The molecule has 0 unspecified atom stereocenters. The lowest BCUT2D eigenvalue weighted by atomic mass is 9.99. The van der Waals surface area contributed by atoms with E-state index in [0.29, 0.717) is 19.4 Å². The third kappa shape index (κ3) is 23.5. The molecule has 0 aliphatic heterocycles. The summed E-state index contributed by atoms with van der Waals surface area (Å²) in [6.45, 7) is 13.6. The van der Waals surface area contributed by atoms with E-state index in [1.54, 1.807) is 41.5 Å². The molecule has 64 heavy (non-hydrogen) atoms. The smallest absolute Gasteiger partial charge is 0.322 e. The molecule has 16 N–H and O–H groups in total. The Bertz CT molecular complexity index is 1640. The van der Waals surface area contributed by atoms with Gasteiger partial charge in [-0.2, -0.15) is 0 Å². The van der Waals surface area contributed by atoms with Gasteiger partial charge in [-0.1, -0.05) is 41.5 Å². The van der Waals surface area contributed by atoms with Gasteiger partial charge >= 0.3 is 5.97 Å². The fraction of sp³-hybridized carbons (Fsp3) is 0.725. The van der Waals surface area contributed by atoms with Crippen LogP contribution in [-0.2, 0) is 52.7 Å². The number of nitrogens with one attached hydrogen (secondary N) is 9. The number of unbranched alkanes of at least 4 members (excludes halogenated alkanes) is 1. The molecule has 0 fully saturated rings. The van der Waals surface area contributed by atoms with Crippen LogP contribution in [0.4, 0.5) is 0 Å². The second kappa shape index (κ2) is 29.5. The predicted octanol–water partition coefficient (Wildman–Crippen LogP) is -4.16. The van der Waals surface area contributed by atoms with Crippen molar-refractivity contribution in [2.24, 2.45) is 35.0 Å². The van der Waals surface area contributed by atoms with E-state index in [1.165, 1.54) is 20.8 Å². The van der Waals surface area contributed by atoms with E-state index in [9.17, 15) is 52.7 Å². The van der Waals surface area contributed by atoms with Crippen LogP contribution in [0.5, 0.6) is 0 Å². The van der Waals surface area contributed by atoms with Gasteiger partial charge in [0, 0.05) is 0 Å². The van der Waals surface area contributed by atoms with Gasteiger partial charge in [-0.05, 0) is 77.2 Å². The summed E-state index contributed by atoms with van der Waals surface area (Å²) in [5.41, 5.74) is 16.5. The number of nitrogens with two attached hydrogens (primary N) is 3. The maximum absolute atomic E-state index is 13.7. The van der Waals surface area contributed by atoms with Crippen LogP contribution >= 0.6 is 0 Å². The summed E-state index contributed by atoms with van der Waals surface area (Å²) in [5, 5.41) is 30.9. The molecule has 0 spiro atoms. The highest BCUT2D eigenvalue weighted by molar-refractivity contribution is 5.98. The van der Waals surface area contributed by atoms with Crippen molar-refractivity contribution >= 4 is 65.0 Å². The molecule has 24 heteroatoms. The Labute approximate surface area is 374 Å². The first kappa shape index (κ1) is 58.1. The summed E-state index contributed by atoms with van der Waals surface area (Å²) >= 11 is 0. The zero-order valence-corrected chi connectivity index (χ0v) is 38.4. The van der Waals surface area contributed by atoms with E-state index in [4.69, 9.17) is 22.3 Å². The van der Waals surface area contributed by atoms with Gasteiger partial charge in [0.15, 0.2) is 0 Å². The zero-order valence-electron chi connectivity index (χ0n) is 38.4.